The maximum atomic E-state index is 11.7. The Hall–Kier alpha value is -2.27. The fourth-order valence-corrected chi connectivity index (χ4v) is 3.49. The fraction of sp³-hybridized carbons (Fsp3) is 0.421. The average molecular weight is 329 g/mol. The SMILES string of the molecule is COc1ccccc1[C@H]1CCC[C@@H](C)N1Cc1cc(=O)c(O)co1. The van der Waals surface area contributed by atoms with Gasteiger partial charge in [0.15, 0.2) is 5.75 Å². The third-order valence-corrected chi connectivity index (χ3v) is 4.77. The molecule has 1 saturated heterocycles. The van der Waals surface area contributed by atoms with Crippen molar-refractivity contribution in [2.45, 2.75) is 44.8 Å². The van der Waals surface area contributed by atoms with Crippen molar-refractivity contribution in [3.05, 3.63) is 58.1 Å². The molecular weight excluding hydrogens is 306 g/mol. The maximum Gasteiger partial charge on any atom is 0.226 e. The van der Waals surface area contributed by atoms with Gasteiger partial charge < -0.3 is 14.3 Å². The number of hydrogen-bond acceptors (Lipinski definition) is 5. The van der Waals surface area contributed by atoms with Crippen molar-refractivity contribution in [1.29, 1.82) is 0 Å². The molecule has 1 aliphatic heterocycles. The zero-order valence-corrected chi connectivity index (χ0v) is 14.1. The van der Waals surface area contributed by atoms with E-state index in [2.05, 4.69) is 17.9 Å². The molecule has 0 spiro atoms. The van der Waals surface area contributed by atoms with Gasteiger partial charge in [0, 0.05) is 23.7 Å². The van der Waals surface area contributed by atoms with Crippen molar-refractivity contribution in [1.82, 2.24) is 4.90 Å². The van der Waals surface area contributed by atoms with E-state index in [-0.39, 0.29) is 11.8 Å². The number of piperidine rings is 1. The third kappa shape index (κ3) is 3.31. The van der Waals surface area contributed by atoms with Crippen LogP contribution in [0.15, 0.2) is 45.8 Å². The molecule has 1 aromatic heterocycles. The molecule has 24 heavy (non-hydrogen) atoms. The van der Waals surface area contributed by atoms with Crippen molar-refractivity contribution in [3.63, 3.8) is 0 Å². The lowest BCUT2D eigenvalue weighted by Gasteiger charge is -2.41. The van der Waals surface area contributed by atoms with E-state index in [9.17, 15) is 9.90 Å². The third-order valence-electron chi connectivity index (χ3n) is 4.77. The van der Waals surface area contributed by atoms with Crippen LogP contribution in [0.1, 0.15) is 43.6 Å². The monoisotopic (exact) mass is 329 g/mol. The highest BCUT2D eigenvalue weighted by Crippen LogP contribution is 2.39. The van der Waals surface area contributed by atoms with Gasteiger partial charge in [-0.3, -0.25) is 9.69 Å². The van der Waals surface area contributed by atoms with Gasteiger partial charge in [0.25, 0.3) is 0 Å². The molecule has 5 heteroatoms. The normalized spacial score (nSPS) is 21.6. The summed E-state index contributed by atoms with van der Waals surface area (Å²) in [7, 11) is 1.69. The molecule has 0 saturated carbocycles. The molecule has 1 aromatic carbocycles. The van der Waals surface area contributed by atoms with Crippen molar-refractivity contribution in [2.24, 2.45) is 0 Å². The molecule has 2 aromatic rings. The van der Waals surface area contributed by atoms with E-state index in [0.717, 1.165) is 36.8 Å². The predicted octanol–water partition coefficient (Wildman–Crippen LogP) is 3.47. The van der Waals surface area contributed by atoms with E-state index in [1.807, 2.05) is 18.2 Å². The van der Waals surface area contributed by atoms with Crippen LogP contribution in [0.4, 0.5) is 0 Å². The fourth-order valence-electron chi connectivity index (χ4n) is 3.49. The predicted molar refractivity (Wildman–Crippen MR) is 91.2 cm³/mol. The number of methoxy groups -OCH3 is 1. The number of likely N-dealkylation sites (tertiary alicyclic amines) is 1. The number of rotatable bonds is 4. The average Bonchev–Trinajstić information content (AvgIpc) is 2.60. The Morgan fingerprint density at radius 1 is 1.33 bits per heavy atom. The second-order valence-electron chi connectivity index (χ2n) is 6.31. The Bertz CT molecular complexity index is 755. The van der Waals surface area contributed by atoms with Gasteiger partial charge in [0.05, 0.1) is 13.7 Å². The first-order valence-corrected chi connectivity index (χ1v) is 8.29. The number of ether oxygens (including phenoxy) is 1. The zero-order valence-electron chi connectivity index (χ0n) is 14.1. The van der Waals surface area contributed by atoms with E-state index in [0.29, 0.717) is 18.3 Å². The minimum atomic E-state index is -0.408. The van der Waals surface area contributed by atoms with Gasteiger partial charge in [0.2, 0.25) is 5.43 Å². The summed E-state index contributed by atoms with van der Waals surface area (Å²) < 4.78 is 10.9. The van der Waals surface area contributed by atoms with Gasteiger partial charge >= 0.3 is 0 Å². The van der Waals surface area contributed by atoms with E-state index >= 15 is 0 Å². The lowest BCUT2D eigenvalue weighted by Crippen LogP contribution is -2.39. The Morgan fingerprint density at radius 2 is 2.12 bits per heavy atom. The second-order valence-corrected chi connectivity index (χ2v) is 6.31. The smallest absolute Gasteiger partial charge is 0.226 e. The summed E-state index contributed by atoms with van der Waals surface area (Å²) in [4.78, 5) is 14.0. The molecule has 0 radical (unpaired) electrons. The van der Waals surface area contributed by atoms with Crippen LogP contribution in [0.3, 0.4) is 0 Å². The summed E-state index contributed by atoms with van der Waals surface area (Å²) in [5.74, 6) is 1.09. The lowest BCUT2D eigenvalue weighted by atomic mass is 9.90. The van der Waals surface area contributed by atoms with E-state index < -0.39 is 5.43 Å². The summed E-state index contributed by atoms with van der Waals surface area (Å²) in [6.45, 7) is 2.72. The van der Waals surface area contributed by atoms with Crippen LogP contribution in [0.5, 0.6) is 11.5 Å². The number of aromatic hydroxyl groups is 1. The largest absolute Gasteiger partial charge is 0.502 e. The summed E-state index contributed by atoms with van der Waals surface area (Å²) in [5.41, 5.74) is 0.752. The Labute approximate surface area is 141 Å². The molecule has 128 valence electrons. The molecular formula is C19H23NO4. The van der Waals surface area contributed by atoms with Crippen LogP contribution in [0.2, 0.25) is 0 Å². The molecule has 0 unspecified atom stereocenters. The van der Waals surface area contributed by atoms with Crippen molar-refractivity contribution >= 4 is 0 Å². The lowest BCUT2D eigenvalue weighted by molar-refractivity contribution is 0.0742. The minimum absolute atomic E-state index is 0.212. The molecule has 1 fully saturated rings. The van der Waals surface area contributed by atoms with E-state index in [4.69, 9.17) is 9.15 Å². The highest BCUT2D eigenvalue weighted by molar-refractivity contribution is 5.36. The van der Waals surface area contributed by atoms with Gasteiger partial charge in [0.1, 0.15) is 17.8 Å². The van der Waals surface area contributed by atoms with Crippen LogP contribution in [-0.2, 0) is 6.54 Å². The number of para-hydroxylation sites is 1. The summed E-state index contributed by atoms with van der Waals surface area (Å²) in [6.07, 6.45) is 4.41. The Balaban J connectivity index is 1.92. The highest BCUT2D eigenvalue weighted by atomic mass is 16.5. The standard InChI is InChI=1S/C19H23NO4/c1-13-6-5-8-16(15-7-3-4-9-19(15)23-2)20(13)11-14-10-17(21)18(22)12-24-14/h3-4,7,9-10,12-13,16,22H,5-6,8,11H2,1-2H3/t13-,16-/m1/s1. The van der Waals surface area contributed by atoms with Crippen LogP contribution < -0.4 is 10.2 Å². The van der Waals surface area contributed by atoms with Gasteiger partial charge in [-0.25, -0.2) is 0 Å². The first kappa shape index (κ1) is 16.6. The zero-order chi connectivity index (χ0) is 17.1. The molecule has 2 atom stereocenters. The quantitative estimate of drug-likeness (QED) is 0.930. The molecule has 2 heterocycles. The second kappa shape index (κ2) is 7.09. The Kier molecular flexibility index (Phi) is 4.90. The van der Waals surface area contributed by atoms with Crippen LogP contribution in [0, 0.1) is 0 Å². The molecule has 0 aliphatic carbocycles. The van der Waals surface area contributed by atoms with Gasteiger partial charge in [-0.2, -0.15) is 0 Å². The molecule has 0 bridgehead atoms. The number of nitrogens with zero attached hydrogens (tertiary/aromatic N) is 1. The van der Waals surface area contributed by atoms with E-state index in [1.54, 1.807) is 7.11 Å². The first-order valence-electron chi connectivity index (χ1n) is 8.29. The van der Waals surface area contributed by atoms with Crippen LogP contribution in [-0.4, -0.2) is 23.2 Å². The molecule has 5 nitrogen and oxygen atoms in total. The van der Waals surface area contributed by atoms with Gasteiger partial charge in [-0.1, -0.05) is 24.6 Å². The van der Waals surface area contributed by atoms with E-state index in [1.165, 1.54) is 6.07 Å². The molecule has 0 amide bonds. The van der Waals surface area contributed by atoms with Crippen molar-refractivity contribution in [2.75, 3.05) is 7.11 Å². The van der Waals surface area contributed by atoms with Crippen LogP contribution >= 0.6 is 0 Å². The molecule has 3 rings (SSSR count). The number of benzene rings is 1. The Morgan fingerprint density at radius 3 is 2.88 bits per heavy atom. The van der Waals surface area contributed by atoms with Gasteiger partial charge in [-0.15, -0.1) is 0 Å². The van der Waals surface area contributed by atoms with Crippen LogP contribution in [0.25, 0.3) is 0 Å². The summed E-state index contributed by atoms with van der Waals surface area (Å²) >= 11 is 0. The van der Waals surface area contributed by atoms with Crippen molar-refractivity contribution in [3.8, 4) is 11.5 Å². The summed E-state index contributed by atoms with van der Waals surface area (Å²) in [6, 6.07) is 10.0. The minimum Gasteiger partial charge on any atom is -0.502 e. The summed E-state index contributed by atoms with van der Waals surface area (Å²) in [5, 5.41) is 9.36. The molecule has 1 N–H and O–H groups in total. The topological polar surface area (TPSA) is 62.9 Å². The highest BCUT2D eigenvalue weighted by Gasteiger charge is 2.31. The van der Waals surface area contributed by atoms with Crippen molar-refractivity contribution < 1.29 is 14.3 Å². The number of hydrogen-bond donors (Lipinski definition) is 1. The van der Waals surface area contributed by atoms with Gasteiger partial charge in [-0.05, 0) is 25.8 Å². The first-order chi connectivity index (χ1) is 11.6. The molecule has 1 aliphatic rings. The maximum absolute atomic E-state index is 11.7.